The van der Waals surface area contributed by atoms with Crippen molar-refractivity contribution in [3.05, 3.63) is 47.1 Å². The molecular formula is C18H15F3N6OS. The Morgan fingerprint density at radius 3 is 2.31 bits per heavy atom. The van der Waals surface area contributed by atoms with Crippen LogP contribution >= 0.6 is 11.3 Å². The van der Waals surface area contributed by atoms with Gasteiger partial charge in [-0.3, -0.25) is 0 Å². The van der Waals surface area contributed by atoms with Crippen molar-refractivity contribution in [2.24, 2.45) is 0 Å². The van der Waals surface area contributed by atoms with Crippen LogP contribution in [0.3, 0.4) is 0 Å². The lowest BCUT2D eigenvalue weighted by Gasteiger charge is -2.09. The minimum atomic E-state index is -4.38. The minimum Gasteiger partial charge on any atom is -0.359 e. The van der Waals surface area contributed by atoms with E-state index < -0.39 is 11.7 Å². The fraction of sp³-hybridized carbons (Fsp3) is 0.222. The quantitative estimate of drug-likeness (QED) is 0.450. The van der Waals surface area contributed by atoms with Gasteiger partial charge in [-0.25, -0.2) is 15.0 Å². The molecule has 0 saturated carbocycles. The molecule has 0 atom stereocenters. The molecule has 0 aliphatic heterocycles. The van der Waals surface area contributed by atoms with E-state index in [9.17, 15) is 13.2 Å². The molecule has 3 aromatic heterocycles. The van der Waals surface area contributed by atoms with Crippen LogP contribution in [0.25, 0.3) is 10.3 Å². The van der Waals surface area contributed by atoms with Crippen molar-refractivity contribution in [1.29, 1.82) is 0 Å². The highest BCUT2D eigenvalue weighted by Gasteiger charge is 2.30. The summed E-state index contributed by atoms with van der Waals surface area (Å²) in [6.07, 6.45) is -4.38. The first-order valence-corrected chi connectivity index (χ1v) is 9.32. The van der Waals surface area contributed by atoms with Crippen LogP contribution in [0.2, 0.25) is 0 Å². The first-order valence-electron chi connectivity index (χ1n) is 8.50. The summed E-state index contributed by atoms with van der Waals surface area (Å²) in [7, 11) is 0. The van der Waals surface area contributed by atoms with Gasteiger partial charge in [0.1, 0.15) is 22.7 Å². The second-order valence-electron chi connectivity index (χ2n) is 6.32. The largest absolute Gasteiger partial charge is 0.416 e. The summed E-state index contributed by atoms with van der Waals surface area (Å²) in [6.45, 7) is 5.34. The normalized spacial score (nSPS) is 11.8. The summed E-state index contributed by atoms with van der Waals surface area (Å²) in [5.74, 6) is 1.56. The van der Waals surface area contributed by atoms with Crippen LogP contribution < -0.4 is 10.6 Å². The van der Waals surface area contributed by atoms with Gasteiger partial charge < -0.3 is 15.2 Å². The molecule has 0 aliphatic carbocycles. The molecule has 0 saturated heterocycles. The molecule has 0 bridgehead atoms. The van der Waals surface area contributed by atoms with Crippen molar-refractivity contribution in [3.8, 4) is 0 Å². The van der Waals surface area contributed by atoms with Crippen LogP contribution in [0.1, 0.15) is 22.8 Å². The summed E-state index contributed by atoms with van der Waals surface area (Å²) in [4.78, 5) is 13.9. The third kappa shape index (κ3) is 3.86. The van der Waals surface area contributed by atoms with E-state index in [-0.39, 0.29) is 0 Å². The minimum absolute atomic E-state index is 0.412. The van der Waals surface area contributed by atoms with Gasteiger partial charge in [-0.2, -0.15) is 13.2 Å². The molecule has 29 heavy (non-hydrogen) atoms. The molecule has 4 aromatic rings. The molecule has 0 amide bonds. The lowest BCUT2D eigenvalue weighted by Crippen LogP contribution is -2.04. The predicted octanol–water partition coefficient (Wildman–Crippen LogP) is 5.51. The van der Waals surface area contributed by atoms with Crippen molar-refractivity contribution in [1.82, 2.24) is 20.1 Å². The van der Waals surface area contributed by atoms with Crippen LogP contribution in [0, 0.1) is 20.8 Å². The molecule has 2 N–H and O–H groups in total. The number of hydrogen-bond acceptors (Lipinski definition) is 8. The van der Waals surface area contributed by atoms with E-state index in [4.69, 9.17) is 4.52 Å². The van der Waals surface area contributed by atoms with Crippen molar-refractivity contribution in [2.45, 2.75) is 26.9 Å². The average molecular weight is 420 g/mol. The van der Waals surface area contributed by atoms with E-state index in [0.29, 0.717) is 44.3 Å². The van der Waals surface area contributed by atoms with E-state index in [1.54, 1.807) is 13.8 Å². The number of rotatable bonds is 4. The van der Waals surface area contributed by atoms with Crippen molar-refractivity contribution in [2.75, 3.05) is 10.6 Å². The number of alkyl halides is 3. The van der Waals surface area contributed by atoms with Crippen molar-refractivity contribution < 1.29 is 17.7 Å². The summed E-state index contributed by atoms with van der Waals surface area (Å²) in [5.41, 5.74) is 1.69. The zero-order valence-electron chi connectivity index (χ0n) is 15.5. The fourth-order valence-electron chi connectivity index (χ4n) is 2.72. The Hall–Kier alpha value is -3.21. The van der Waals surface area contributed by atoms with Gasteiger partial charge in [0.25, 0.3) is 0 Å². The number of benzene rings is 1. The van der Waals surface area contributed by atoms with E-state index in [1.165, 1.54) is 23.5 Å². The molecule has 0 unspecified atom stereocenters. The third-order valence-corrected chi connectivity index (χ3v) is 4.98. The molecule has 4 rings (SSSR count). The molecule has 0 spiro atoms. The van der Waals surface area contributed by atoms with E-state index in [1.807, 2.05) is 6.92 Å². The number of fused-ring (bicyclic) bond motifs is 1. The van der Waals surface area contributed by atoms with Crippen LogP contribution in [0.5, 0.6) is 0 Å². The smallest absolute Gasteiger partial charge is 0.359 e. The molecule has 11 heteroatoms. The second kappa shape index (κ2) is 6.99. The lowest BCUT2D eigenvalue weighted by atomic mass is 10.2. The van der Waals surface area contributed by atoms with Gasteiger partial charge in [0.15, 0.2) is 21.5 Å². The molecule has 0 radical (unpaired) electrons. The Morgan fingerprint density at radius 2 is 1.69 bits per heavy atom. The molecule has 1 aromatic carbocycles. The fourth-order valence-corrected chi connectivity index (χ4v) is 3.61. The summed E-state index contributed by atoms with van der Waals surface area (Å²) in [6, 6.07) is 4.72. The zero-order chi connectivity index (χ0) is 20.8. The highest BCUT2D eigenvalue weighted by Crippen LogP contribution is 2.34. The highest BCUT2D eigenvalue weighted by atomic mass is 32.1. The van der Waals surface area contributed by atoms with Gasteiger partial charge in [0.2, 0.25) is 0 Å². The molecule has 0 fully saturated rings. The van der Waals surface area contributed by atoms with Gasteiger partial charge in [-0.05, 0) is 45.0 Å². The number of hydrogen-bond donors (Lipinski definition) is 2. The maximum Gasteiger partial charge on any atom is 0.416 e. The summed E-state index contributed by atoms with van der Waals surface area (Å²) in [5, 5.41) is 10.7. The second-order valence-corrected chi connectivity index (χ2v) is 7.29. The maximum absolute atomic E-state index is 12.8. The molecule has 150 valence electrons. The number of anilines is 4. The number of nitrogens with one attached hydrogen (secondary N) is 2. The average Bonchev–Trinajstić information content (AvgIpc) is 3.19. The lowest BCUT2D eigenvalue weighted by molar-refractivity contribution is -0.137. The van der Waals surface area contributed by atoms with Crippen LogP contribution in [-0.4, -0.2) is 20.1 Å². The Labute approximate surface area is 167 Å². The van der Waals surface area contributed by atoms with Crippen LogP contribution in [0.4, 0.5) is 35.5 Å². The summed E-state index contributed by atoms with van der Waals surface area (Å²) >= 11 is 1.33. The zero-order valence-corrected chi connectivity index (χ0v) is 16.4. The topological polar surface area (TPSA) is 88.8 Å². The van der Waals surface area contributed by atoms with Crippen LogP contribution in [0.15, 0.2) is 28.8 Å². The number of halogens is 3. The summed E-state index contributed by atoms with van der Waals surface area (Å²) < 4.78 is 43.4. The van der Waals surface area contributed by atoms with Crippen molar-refractivity contribution >= 4 is 44.0 Å². The SMILES string of the molecule is Cc1nc(Nc2ccc(C(F)(F)F)cc2)c2nc(Nc3c(C)noc3C)sc2n1. The number of nitrogens with zero attached hydrogens (tertiary/aromatic N) is 4. The molecule has 3 heterocycles. The standard InChI is InChI=1S/C18H15F3N6OS/c1-8-13(9(2)28-27-8)25-17-26-14-15(22-10(3)23-16(14)29-17)24-12-6-4-11(5-7-12)18(19,20)21/h4-7H,1-3H3,(H,25,26)(H,22,23,24). The van der Waals surface area contributed by atoms with Gasteiger partial charge in [-0.1, -0.05) is 16.5 Å². The maximum atomic E-state index is 12.8. The van der Waals surface area contributed by atoms with E-state index >= 15 is 0 Å². The Morgan fingerprint density at radius 1 is 0.966 bits per heavy atom. The van der Waals surface area contributed by atoms with Gasteiger partial charge in [0, 0.05) is 5.69 Å². The highest BCUT2D eigenvalue weighted by molar-refractivity contribution is 7.21. The monoisotopic (exact) mass is 420 g/mol. The Bertz CT molecular complexity index is 1160. The number of thiazole rings is 1. The molecular weight excluding hydrogens is 405 g/mol. The number of aromatic nitrogens is 4. The predicted molar refractivity (Wildman–Crippen MR) is 104 cm³/mol. The first kappa shape index (κ1) is 19.1. The molecule has 7 nitrogen and oxygen atoms in total. The first-order chi connectivity index (χ1) is 13.7. The van der Waals surface area contributed by atoms with Crippen LogP contribution in [-0.2, 0) is 6.18 Å². The Balaban J connectivity index is 1.66. The van der Waals surface area contributed by atoms with Crippen molar-refractivity contribution in [3.63, 3.8) is 0 Å². The van der Waals surface area contributed by atoms with E-state index in [2.05, 4.69) is 30.7 Å². The van der Waals surface area contributed by atoms with Gasteiger partial charge >= 0.3 is 6.18 Å². The number of aryl methyl sites for hydroxylation is 3. The Kier molecular flexibility index (Phi) is 4.61. The van der Waals surface area contributed by atoms with Gasteiger partial charge in [-0.15, -0.1) is 0 Å². The van der Waals surface area contributed by atoms with E-state index in [0.717, 1.165) is 17.8 Å². The third-order valence-electron chi connectivity index (χ3n) is 4.11. The molecule has 0 aliphatic rings. The van der Waals surface area contributed by atoms with Gasteiger partial charge in [0.05, 0.1) is 5.56 Å².